The van der Waals surface area contributed by atoms with Gasteiger partial charge in [-0.2, -0.15) is 8.78 Å². The maximum absolute atomic E-state index is 17.2. The number of nitrogens with zero attached hydrogens (tertiary/aromatic N) is 4. The summed E-state index contributed by atoms with van der Waals surface area (Å²) in [6.07, 6.45) is 1.81. The lowest BCUT2D eigenvalue weighted by Gasteiger charge is -2.28. The van der Waals surface area contributed by atoms with Crippen molar-refractivity contribution in [3.05, 3.63) is 156 Å². The third-order valence-corrected chi connectivity index (χ3v) is 10.1. The first-order chi connectivity index (χ1) is 24.3. The summed E-state index contributed by atoms with van der Waals surface area (Å²) in [7, 11) is 0. The van der Waals surface area contributed by atoms with E-state index < -0.39 is 5.92 Å². The molecule has 51 heavy (non-hydrogen) atoms. The minimum Gasteiger partial charge on any atom is -0.321 e. The van der Waals surface area contributed by atoms with Crippen LogP contribution in [0.2, 0.25) is 0 Å². The van der Waals surface area contributed by atoms with Crippen LogP contribution >= 0.6 is 0 Å². The zero-order chi connectivity index (χ0) is 35.7. The van der Waals surface area contributed by atoms with Gasteiger partial charge in [-0.25, -0.2) is 4.98 Å². The molecular weight excluding hydrogens is 635 g/mol. The van der Waals surface area contributed by atoms with Gasteiger partial charge >= 0.3 is 0 Å². The fourth-order valence-electron chi connectivity index (χ4n) is 7.23. The van der Waals surface area contributed by atoms with Crippen molar-refractivity contribution in [3.63, 3.8) is 0 Å². The summed E-state index contributed by atoms with van der Waals surface area (Å²) in [6, 6.07) is 41.0. The fraction of sp³-hybridized carbons (Fsp3) is 0.222. The molecule has 8 rings (SSSR count). The second-order valence-electron chi connectivity index (χ2n) is 15.7. The van der Waals surface area contributed by atoms with Crippen LogP contribution in [0.15, 0.2) is 134 Å². The van der Waals surface area contributed by atoms with Crippen LogP contribution in [-0.2, 0) is 16.8 Å². The molecule has 0 saturated carbocycles. The van der Waals surface area contributed by atoms with Crippen molar-refractivity contribution in [1.82, 2.24) is 9.55 Å². The van der Waals surface area contributed by atoms with Crippen molar-refractivity contribution in [2.24, 2.45) is 0 Å². The van der Waals surface area contributed by atoms with Crippen LogP contribution in [0.4, 0.5) is 31.5 Å². The van der Waals surface area contributed by atoms with E-state index in [-0.39, 0.29) is 22.0 Å². The average molecular weight is 677 g/mol. The minimum absolute atomic E-state index is 0.0320. The number of fused-ring (bicyclic) bond motifs is 4. The van der Waals surface area contributed by atoms with E-state index in [4.69, 9.17) is 4.98 Å². The predicted octanol–water partition coefficient (Wildman–Crippen LogP) is 12.2. The van der Waals surface area contributed by atoms with Gasteiger partial charge in [0.25, 0.3) is 5.92 Å². The first-order valence-corrected chi connectivity index (χ1v) is 17.5. The predicted molar refractivity (Wildman–Crippen MR) is 207 cm³/mol. The molecule has 7 aromatic rings. The SMILES string of the molecule is CC(C)(C)c1cc(N2CN(c3ccccc3)c3ccccc32)cc(C(F)(F)c2ccc3c4ccccc4n(-c4cc(C(C)(C)C)ccn4)c3c2)c1. The van der Waals surface area contributed by atoms with Gasteiger partial charge in [-0.3, -0.25) is 4.57 Å². The summed E-state index contributed by atoms with van der Waals surface area (Å²) in [5.74, 6) is -2.58. The van der Waals surface area contributed by atoms with Crippen LogP contribution < -0.4 is 9.80 Å². The Bertz CT molecular complexity index is 2410. The highest BCUT2D eigenvalue weighted by Gasteiger charge is 2.38. The maximum Gasteiger partial charge on any atom is 0.298 e. The molecule has 0 aliphatic carbocycles. The number of alkyl halides is 2. The lowest BCUT2D eigenvalue weighted by atomic mass is 9.84. The minimum atomic E-state index is -3.29. The summed E-state index contributed by atoms with van der Waals surface area (Å²) in [5, 5.41) is 1.91. The molecule has 0 spiro atoms. The molecule has 4 nitrogen and oxygen atoms in total. The number of anilines is 4. The first kappa shape index (κ1) is 32.7. The van der Waals surface area contributed by atoms with E-state index in [0.29, 0.717) is 18.0 Å². The van der Waals surface area contributed by atoms with E-state index >= 15 is 8.78 Å². The molecule has 3 heterocycles. The van der Waals surface area contributed by atoms with Gasteiger partial charge in [-0.15, -0.1) is 0 Å². The van der Waals surface area contributed by atoms with Crippen molar-refractivity contribution < 1.29 is 8.78 Å². The Morgan fingerprint density at radius 3 is 1.82 bits per heavy atom. The summed E-state index contributed by atoms with van der Waals surface area (Å²) < 4.78 is 36.5. The third kappa shape index (κ3) is 5.63. The van der Waals surface area contributed by atoms with Gasteiger partial charge in [0.1, 0.15) is 12.5 Å². The highest BCUT2D eigenvalue weighted by molar-refractivity contribution is 6.09. The Morgan fingerprint density at radius 2 is 1.12 bits per heavy atom. The normalized spacial score (nSPS) is 13.7. The van der Waals surface area contributed by atoms with E-state index in [9.17, 15) is 0 Å². The molecular formula is C45H42F2N4. The maximum atomic E-state index is 17.2. The van der Waals surface area contributed by atoms with Crippen molar-refractivity contribution in [1.29, 1.82) is 0 Å². The summed E-state index contributed by atoms with van der Waals surface area (Å²) in [6.45, 7) is 13.2. The van der Waals surface area contributed by atoms with Gasteiger partial charge in [0.2, 0.25) is 0 Å². The van der Waals surface area contributed by atoms with Crippen molar-refractivity contribution >= 4 is 44.6 Å². The molecule has 0 atom stereocenters. The van der Waals surface area contributed by atoms with Crippen molar-refractivity contribution in [2.75, 3.05) is 16.5 Å². The molecule has 2 aromatic heterocycles. The number of rotatable bonds is 5. The van der Waals surface area contributed by atoms with E-state index in [1.165, 1.54) is 0 Å². The van der Waals surface area contributed by atoms with Crippen LogP contribution in [0, 0.1) is 0 Å². The largest absolute Gasteiger partial charge is 0.321 e. The van der Waals surface area contributed by atoms with E-state index in [1.54, 1.807) is 24.3 Å². The zero-order valence-electron chi connectivity index (χ0n) is 30.0. The lowest BCUT2D eigenvalue weighted by Crippen LogP contribution is -2.25. The molecule has 0 bridgehead atoms. The number of pyridine rings is 1. The Kier molecular flexibility index (Phi) is 7.56. The molecule has 0 amide bonds. The van der Waals surface area contributed by atoms with Gasteiger partial charge in [0.05, 0.1) is 22.4 Å². The number of para-hydroxylation sites is 4. The number of hydrogen-bond acceptors (Lipinski definition) is 3. The van der Waals surface area contributed by atoms with Crippen LogP contribution in [0.5, 0.6) is 0 Å². The highest BCUT2D eigenvalue weighted by Crippen LogP contribution is 2.47. The third-order valence-electron chi connectivity index (χ3n) is 10.1. The molecule has 0 fully saturated rings. The van der Waals surface area contributed by atoms with Crippen molar-refractivity contribution in [3.8, 4) is 5.82 Å². The zero-order valence-corrected chi connectivity index (χ0v) is 30.0. The number of aromatic nitrogens is 2. The molecule has 6 heteroatoms. The molecule has 0 saturated heterocycles. The van der Waals surface area contributed by atoms with Gasteiger partial charge in [-0.05, 0) is 88.7 Å². The second-order valence-corrected chi connectivity index (χ2v) is 15.7. The summed E-state index contributed by atoms with van der Waals surface area (Å²) in [5.41, 5.74) is 6.87. The van der Waals surface area contributed by atoms with Crippen LogP contribution in [0.3, 0.4) is 0 Å². The number of benzene rings is 5. The molecule has 0 unspecified atom stereocenters. The van der Waals surface area contributed by atoms with Crippen LogP contribution in [0.25, 0.3) is 27.6 Å². The average Bonchev–Trinajstić information content (AvgIpc) is 3.67. The van der Waals surface area contributed by atoms with Gasteiger partial charge in [0, 0.05) is 39.5 Å². The van der Waals surface area contributed by atoms with Gasteiger partial charge in [0.15, 0.2) is 0 Å². The first-order valence-electron chi connectivity index (χ1n) is 17.5. The number of hydrogen-bond donors (Lipinski definition) is 0. The summed E-state index contributed by atoms with van der Waals surface area (Å²) >= 11 is 0. The van der Waals surface area contributed by atoms with E-state index in [0.717, 1.165) is 50.2 Å². The number of halogens is 2. The monoisotopic (exact) mass is 676 g/mol. The topological polar surface area (TPSA) is 24.3 Å². The van der Waals surface area contributed by atoms with E-state index in [2.05, 4.69) is 87.7 Å². The Labute approximate surface area is 298 Å². The lowest BCUT2D eigenvalue weighted by molar-refractivity contribution is 0.0428. The Hall–Kier alpha value is -5.49. The smallest absolute Gasteiger partial charge is 0.298 e. The quantitative estimate of drug-likeness (QED) is 0.181. The van der Waals surface area contributed by atoms with Crippen LogP contribution in [-0.4, -0.2) is 16.2 Å². The Morgan fingerprint density at radius 1 is 0.510 bits per heavy atom. The standard InChI is InChI=1S/C45H42F2N4/c1-43(2,3)30-22-23-48-42(28-30)51-38-17-11-10-16-36(38)37-21-20-31(27-41(37)51)45(46,47)33-24-32(44(4,5)6)25-35(26-33)50-29-49(34-14-8-7-9-15-34)39-18-12-13-19-40(39)50/h7-28H,29H2,1-6H3. The van der Waals surface area contributed by atoms with E-state index in [1.807, 2.05) is 77.5 Å². The second kappa shape index (κ2) is 11.8. The highest BCUT2D eigenvalue weighted by atomic mass is 19.3. The van der Waals surface area contributed by atoms with Gasteiger partial charge < -0.3 is 9.80 Å². The van der Waals surface area contributed by atoms with Gasteiger partial charge in [-0.1, -0.05) is 102 Å². The molecule has 1 aliphatic heterocycles. The Balaban J connectivity index is 1.28. The fourth-order valence-corrected chi connectivity index (χ4v) is 7.23. The van der Waals surface area contributed by atoms with Crippen molar-refractivity contribution in [2.45, 2.75) is 58.3 Å². The van der Waals surface area contributed by atoms with Crippen LogP contribution in [0.1, 0.15) is 63.8 Å². The molecule has 0 radical (unpaired) electrons. The molecule has 5 aromatic carbocycles. The molecule has 256 valence electrons. The molecule has 1 aliphatic rings. The summed E-state index contributed by atoms with van der Waals surface area (Å²) in [4.78, 5) is 9.13. The molecule has 0 N–H and O–H groups in total.